The summed E-state index contributed by atoms with van der Waals surface area (Å²) in [5, 5.41) is 14.3. The number of halogens is 1. The lowest BCUT2D eigenvalue weighted by molar-refractivity contribution is -0.384. The first-order chi connectivity index (χ1) is 8.50. The maximum absolute atomic E-state index is 11.0. The van der Waals surface area contributed by atoms with Gasteiger partial charge in [-0.1, -0.05) is 17.3 Å². The molecule has 0 spiro atoms. The Morgan fingerprint density at radius 2 is 2.22 bits per heavy atom. The minimum atomic E-state index is -0.460. The highest BCUT2D eigenvalue weighted by Gasteiger charge is 2.23. The molecule has 1 aromatic heterocycles. The minimum Gasteiger partial charge on any atom is -0.334 e. The van der Waals surface area contributed by atoms with E-state index in [1.54, 1.807) is 32.0 Å². The van der Waals surface area contributed by atoms with Gasteiger partial charge in [0.1, 0.15) is 5.56 Å². The fraction of sp³-hybridized carbons (Fsp3) is 0.273. The summed E-state index contributed by atoms with van der Waals surface area (Å²) in [6.45, 7) is 3.35. The fourth-order valence-corrected chi connectivity index (χ4v) is 1.67. The minimum absolute atomic E-state index is 0.0325. The number of aromatic nitrogens is 2. The van der Waals surface area contributed by atoms with Crippen LogP contribution >= 0.6 is 11.6 Å². The molecule has 1 unspecified atom stereocenters. The zero-order valence-corrected chi connectivity index (χ0v) is 10.5. The van der Waals surface area contributed by atoms with E-state index in [2.05, 4.69) is 10.1 Å². The number of nitrogens with zero attached hydrogens (tertiary/aromatic N) is 3. The molecule has 7 heteroatoms. The summed E-state index contributed by atoms with van der Waals surface area (Å²) in [7, 11) is 0. The van der Waals surface area contributed by atoms with Crippen molar-refractivity contribution in [3.63, 3.8) is 0 Å². The fourth-order valence-electron chi connectivity index (χ4n) is 1.58. The van der Waals surface area contributed by atoms with Crippen molar-refractivity contribution >= 4 is 17.3 Å². The lowest BCUT2D eigenvalue weighted by atomic mass is 10.1. The van der Waals surface area contributed by atoms with E-state index in [1.165, 1.54) is 0 Å². The third kappa shape index (κ3) is 2.19. The zero-order chi connectivity index (χ0) is 13.3. The van der Waals surface area contributed by atoms with Gasteiger partial charge in [0.2, 0.25) is 0 Å². The van der Waals surface area contributed by atoms with Gasteiger partial charge in [0.15, 0.2) is 5.82 Å². The molecule has 18 heavy (non-hydrogen) atoms. The van der Waals surface area contributed by atoms with Gasteiger partial charge in [-0.3, -0.25) is 10.1 Å². The lowest BCUT2D eigenvalue weighted by Crippen LogP contribution is -1.95. The van der Waals surface area contributed by atoms with Gasteiger partial charge >= 0.3 is 0 Å². The molecule has 2 rings (SSSR count). The number of nitro groups is 1. The Labute approximate surface area is 108 Å². The van der Waals surface area contributed by atoms with Crippen molar-refractivity contribution in [2.45, 2.75) is 19.2 Å². The first-order valence-electron chi connectivity index (χ1n) is 5.22. The van der Waals surface area contributed by atoms with E-state index in [1.807, 2.05) is 0 Å². The maximum Gasteiger partial charge on any atom is 0.285 e. The van der Waals surface area contributed by atoms with Crippen LogP contribution in [0, 0.1) is 17.0 Å². The average Bonchev–Trinajstić information content (AvgIpc) is 2.77. The van der Waals surface area contributed by atoms with Gasteiger partial charge in [0, 0.05) is 5.56 Å². The van der Waals surface area contributed by atoms with Crippen LogP contribution in [-0.2, 0) is 0 Å². The number of nitro benzene ring substituents is 1. The molecule has 1 heterocycles. The van der Waals surface area contributed by atoms with Gasteiger partial charge < -0.3 is 4.52 Å². The van der Waals surface area contributed by atoms with Crippen LogP contribution in [0.4, 0.5) is 5.69 Å². The van der Waals surface area contributed by atoms with Gasteiger partial charge in [-0.2, -0.15) is 4.98 Å². The quantitative estimate of drug-likeness (QED) is 0.484. The van der Waals surface area contributed by atoms with E-state index in [0.717, 1.165) is 0 Å². The second-order valence-corrected chi connectivity index (χ2v) is 4.46. The van der Waals surface area contributed by atoms with E-state index < -0.39 is 10.3 Å². The molecule has 94 valence electrons. The summed E-state index contributed by atoms with van der Waals surface area (Å²) in [6.07, 6.45) is 0. The zero-order valence-electron chi connectivity index (χ0n) is 9.75. The third-order valence-electron chi connectivity index (χ3n) is 2.45. The number of rotatable bonds is 3. The van der Waals surface area contributed by atoms with Crippen LogP contribution in [0.2, 0.25) is 0 Å². The molecule has 1 aromatic carbocycles. The molecule has 0 bridgehead atoms. The van der Waals surface area contributed by atoms with Crippen LogP contribution in [-0.4, -0.2) is 15.1 Å². The van der Waals surface area contributed by atoms with Gasteiger partial charge in [0.05, 0.1) is 10.3 Å². The van der Waals surface area contributed by atoms with Gasteiger partial charge in [-0.25, -0.2) is 0 Å². The summed E-state index contributed by atoms with van der Waals surface area (Å²) >= 11 is 5.82. The molecule has 0 aliphatic heterocycles. The van der Waals surface area contributed by atoms with Crippen LogP contribution < -0.4 is 0 Å². The second kappa shape index (κ2) is 4.73. The van der Waals surface area contributed by atoms with E-state index in [4.69, 9.17) is 16.1 Å². The Bertz CT molecular complexity index is 595. The summed E-state index contributed by atoms with van der Waals surface area (Å²) in [6, 6.07) is 4.93. The molecule has 0 amide bonds. The van der Waals surface area contributed by atoms with Gasteiger partial charge in [-0.05, 0) is 19.9 Å². The van der Waals surface area contributed by atoms with Crippen molar-refractivity contribution in [1.82, 2.24) is 10.1 Å². The second-order valence-electron chi connectivity index (χ2n) is 3.80. The molecule has 0 saturated heterocycles. The number of aryl methyl sites for hydroxylation is 1. The monoisotopic (exact) mass is 267 g/mol. The predicted octanol–water partition coefficient (Wildman–Crippen LogP) is 3.25. The standard InChI is InChI=1S/C11H10ClN3O3/c1-6-4-3-5-8(9(6)15(16)17)11-13-10(7(2)12)14-18-11/h3-5,7H,1-2H3. The molecule has 0 N–H and O–H groups in total. The molecule has 0 fully saturated rings. The first kappa shape index (κ1) is 12.5. The van der Waals surface area contributed by atoms with Crippen molar-refractivity contribution in [2.24, 2.45) is 0 Å². The number of hydrogen-bond donors (Lipinski definition) is 0. The predicted molar refractivity (Wildman–Crippen MR) is 65.4 cm³/mol. The number of hydrogen-bond acceptors (Lipinski definition) is 5. The van der Waals surface area contributed by atoms with Crippen molar-refractivity contribution in [2.75, 3.05) is 0 Å². The molecule has 2 aromatic rings. The third-order valence-corrected chi connectivity index (χ3v) is 2.64. The molecule has 1 atom stereocenters. The number of alkyl halides is 1. The largest absolute Gasteiger partial charge is 0.334 e. The Morgan fingerprint density at radius 1 is 1.50 bits per heavy atom. The Morgan fingerprint density at radius 3 is 2.78 bits per heavy atom. The highest BCUT2D eigenvalue weighted by Crippen LogP contribution is 2.32. The van der Waals surface area contributed by atoms with Gasteiger partial charge in [-0.15, -0.1) is 11.6 Å². The van der Waals surface area contributed by atoms with E-state index in [9.17, 15) is 10.1 Å². The van der Waals surface area contributed by atoms with Crippen molar-refractivity contribution in [3.8, 4) is 11.5 Å². The topological polar surface area (TPSA) is 82.1 Å². The molecule has 0 saturated carbocycles. The summed E-state index contributed by atoms with van der Waals surface area (Å²) in [5.74, 6) is 0.412. The number of benzene rings is 1. The first-order valence-corrected chi connectivity index (χ1v) is 5.66. The van der Waals surface area contributed by atoms with Crippen LogP contribution in [0.1, 0.15) is 23.7 Å². The average molecular weight is 268 g/mol. The molecule has 6 nitrogen and oxygen atoms in total. The molecule has 0 aliphatic rings. The van der Waals surface area contributed by atoms with Crippen LogP contribution in [0.25, 0.3) is 11.5 Å². The summed E-state index contributed by atoms with van der Waals surface area (Å²) in [4.78, 5) is 14.6. The van der Waals surface area contributed by atoms with Crippen LogP contribution in [0.15, 0.2) is 22.7 Å². The Hall–Kier alpha value is -1.95. The van der Waals surface area contributed by atoms with Crippen LogP contribution in [0.3, 0.4) is 0 Å². The summed E-state index contributed by atoms with van der Waals surface area (Å²) < 4.78 is 5.01. The highest BCUT2D eigenvalue weighted by atomic mass is 35.5. The maximum atomic E-state index is 11.0. The SMILES string of the molecule is Cc1cccc(-c2nc(C(C)Cl)no2)c1[N+](=O)[O-]. The van der Waals surface area contributed by atoms with Crippen molar-refractivity contribution < 1.29 is 9.45 Å². The Kier molecular flexibility index (Phi) is 3.29. The Balaban J connectivity index is 2.56. The van der Waals surface area contributed by atoms with E-state index in [0.29, 0.717) is 17.0 Å². The smallest absolute Gasteiger partial charge is 0.285 e. The van der Waals surface area contributed by atoms with Crippen molar-refractivity contribution in [3.05, 3.63) is 39.7 Å². The molecular weight excluding hydrogens is 258 g/mol. The van der Waals surface area contributed by atoms with Crippen molar-refractivity contribution in [1.29, 1.82) is 0 Å². The molecular formula is C11H10ClN3O3. The van der Waals surface area contributed by atoms with E-state index in [-0.39, 0.29) is 11.6 Å². The van der Waals surface area contributed by atoms with E-state index >= 15 is 0 Å². The normalized spacial score (nSPS) is 12.4. The van der Waals surface area contributed by atoms with Crippen LogP contribution in [0.5, 0.6) is 0 Å². The number of para-hydroxylation sites is 1. The molecule has 0 radical (unpaired) electrons. The highest BCUT2D eigenvalue weighted by molar-refractivity contribution is 6.20. The molecule has 0 aliphatic carbocycles. The lowest BCUT2D eigenvalue weighted by Gasteiger charge is -2.00. The van der Waals surface area contributed by atoms with Gasteiger partial charge in [0.25, 0.3) is 11.6 Å². The summed E-state index contributed by atoms with van der Waals surface area (Å²) in [5.41, 5.74) is 0.808.